The largest absolute Gasteiger partial charge is 0.388 e. The number of hydrogen-bond acceptors (Lipinski definition) is 2. The molecular formula is C12H16FNO. The third-order valence-electron chi connectivity index (χ3n) is 2.40. The molecule has 15 heavy (non-hydrogen) atoms. The number of anilines is 1. The summed E-state index contributed by atoms with van der Waals surface area (Å²) >= 11 is 0. The summed E-state index contributed by atoms with van der Waals surface area (Å²) in [4.78, 5) is 10.2. The molecule has 0 saturated heterocycles. The average Bonchev–Trinajstić information content (AvgIpc) is 2.17. The quantitative estimate of drug-likeness (QED) is 0.596. The molecule has 0 bridgehead atoms. The number of benzene rings is 1. The van der Waals surface area contributed by atoms with Crippen LogP contribution in [0.3, 0.4) is 0 Å². The summed E-state index contributed by atoms with van der Waals surface area (Å²) in [5.41, 5.74) is 2.82. The lowest BCUT2D eigenvalue weighted by Gasteiger charge is -2.12. The number of nitrogens with one attached hydrogen (secondary N) is 1. The number of aryl methyl sites for hydroxylation is 2. The van der Waals surface area contributed by atoms with Crippen molar-refractivity contribution in [3.8, 4) is 0 Å². The molecule has 3 heteroatoms. The van der Waals surface area contributed by atoms with E-state index in [-0.39, 0.29) is 5.82 Å². The topological polar surface area (TPSA) is 29.1 Å². The molecule has 0 aliphatic carbocycles. The van der Waals surface area contributed by atoms with E-state index in [2.05, 4.69) is 5.32 Å². The molecule has 2 nitrogen and oxygen atoms in total. The molecule has 0 saturated carbocycles. The standard InChI is InChI=1S/C12H16FNO/c1-9-7-11(13)8-10(12(9)14-2)5-3-4-6-15/h6-8,14H,3-5H2,1-2H3. The number of carbonyl (C=O) groups is 1. The molecule has 1 aromatic rings. The molecule has 1 aromatic carbocycles. The molecule has 0 unspecified atom stereocenters. The SMILES string of the molecule is CNc1c(C)cc(F)cc1CCCC=O. The minimum Gasteiger partial charge on any atom is -0.388 e. The molecule has 82 valence electrons. The number of aldehydes is 1. The van der Waals surface area contributed by atoms with Gasteiger partial charge in [0.25, 0.3) is 0 Å². The van der Waals surface area contributed by atoms with Crippen LogP contribution < -0.4 is 5.32 Å². The second kappa shape index (κ2) is 5.49. The molecule has 0 fully saturated rings. The molecule has 0 aromatic heterocycles. The molecule has 0 heterocycles. The zero-order valence-electron chi connectivity index (χ0n) is 9.14. The molecule has 0 radical (unpaired) electrons. The van der Waals surface area contributed by atoms with Crippen LogP contribution in [0.15, 0.2) is 12.1 Å². The Morgan fingerprint density at radius 2 is 2.20 bits per heavy atom. The van der Waals surface area contributed by atoms with E-state index in [1.54, 1.807) is 0 Å². The minimum atomic E-state index is -0.215. The van der Waals surface area contributed by atoms with Gasteiger partial charge >= 0.3 is 0 Å². The van der Waals surface area contributed by atoms with Crippen molar-refractivity contribution in [2.45, 2.75) is 26.2 Å². The number of unbranched alkanes of at least 4 members (excludes halogenated alkanes) is 1. The lowest BCUT2D eigenvalue weighted by Crippen LogP contribution is -2.00. The molecule has 0 aliphatic rings. The fraction of sp³-hybridized carbons (Fsp3) is 0.417. The van der Waals surface area contributed by atoms with Crippen molar-refractivity contribution in [3.63, 3.8) is 0 Å². The highest BCUT2D eigenvalue weighted by Crippen LogP contribution is 2.23. The predicted octanol–water partition coefficient (Wildman–Crippen LogP) is 2.70. The van der Waals surface area contributed by atoms with Gasteiger partial charge in [0.05, 0.1) is 0 Å². The lowest BCUT2D eigenvalue weighted by molar-refractivity contribution is -0.107. The molecule has 0 aliphatic heterocycles. The van der Waals surface area contributed by atoms with Gasteiger partial charge in [-0.2, -0.15) is 0 Å². The number of hydrogen-bond donors (Lipinski definition) is 1. The van der Waals surface area contributed by atoms with Crippen molar-refractivity contribution in [2.75, 3.05) is 12.4 Å². The normalized spacial score (nSPS) is 10.1. The Hall–Kier alpha value is -1.38. The Balaban J connectivity index is 2.88. The second-order valence-corrected chi connectivity index (χ2v) is 3.57. The molecular weight excluding hydrogens is 193 g/mol. The first-order valence-corrected chi connectivity index (χ1v) is 5.09. The van der Waals surface area contributed by atoms with Crippen LogP contribution in [0.4, 0.5) is 10.1 Å². The van der Waals surface area contributed by atoms with Gasteiger partial charge < -0.3 is 10.1 Å². The Morgan fingerprint density at radius 3 is 2.80 bits per heavy atom. The maximum atomic E-state index is 13.2. The van der Waals surface area contributed by atoms with Crippen molar-refractivity contribution in [1.29, 1.82) is 0 Å². The van der Waals surface area contributed by atoms with E-state index in [1.165, 1.54) is 12.1 Å². The third kappa shape index (κ3) is 3.05. The summed E-state index contributed by atoms with van der Waals surface area (Å²) in [6, 6.07) is 3.04. The van der Waals surface area contributed by atoms with Crippen LogP contribution in [0.25, 0.3) is 0 Å². The second-order valence-electron chi connectivity index (χ2n) is 3.57. The van der Waals surface area contributed by atoms with E-state index >= 15 is 0 Å². The van der Waals surface area contributed by atoms with E-state index in [0.29, 0.717) is 6.42 Å². The van der Waals surface area contributed by atoms with Crippen molar-refractivity contribution >= 4 is 12.0 Å². The van der Waals surface area contributed by atoms with E-state index in [1.807, 2.05) is 14.0 Å². The number of rotatable bonds is 5. The van der Waals surface area contributed by atoms with Crippen molar-refractivity contribution in [1.82, 2.24) is 0 Å². The van der Waals surface area contributed by atoms with Crippen molar-refractivity contribution in [3.05, 3.63) is 29.1 Å². The average molecular weight is 209 g/mol. The highest BCUT2D eigenvalue weighted by molar-refractivity contribution is 5.57. The summed E-state index contributed by atoms with van der Waals surface area (Å²) in [6.07, 6.45) is 2.92. The smallest absolute Gasteiger partial charge is 0.123 e. The number of halogens is 1. The highest BCUT2D eigenvalue weighted by Gasteiger charge is 2.06. The van der Waals surface area contributed by atoms with Gasteiger partial charge in [0, 0.05) is 19.2 Å². The molecule has 0 spiro atoms. The van der Waals surface area contributed by atoms with Crippen molar-refractivity contribution < 1.29 is 9.18 Å². The van der Waals surface area contributed by atoms with E-state index in [0.717, 1.165) is 35.9 Å². The third-order valence-corrected chi connectivity index (χ3v) is 2.40. The predicted molar refractivity (Wildman–Crippen MR) is 59.7 cm³/mol. The Kier molecular flexibility index (Phi) is 4.28. The zero-order valence-corrected chi connectivity index (χ0v) is 9.14. The lowest BCUT2D eigenvalue weighted by atomic mass is 10.0. The number of carbonyl (C=O) groups excluding carboxylic acids is 1. The summed E-state index contributed by atoms with van der Waals surface area (Å²) in [5.74, 6) is -0.215. The van der Waals surface area contributed by atoms with Gasteiger partial charge in [-0.25, -0.2) is 4.39 Å². The van der Waals surface area contributed by atoms with E-state index < -0.39 is 0 Å². The Labute approximate surface area is 89.5 Å². The molecule has 0 atom stereocenters. The van der Waals surface area contributed by atoms with Gasteiger partial charge in [0.2, 0.25) is 0 Å². The maximum Gasteiger partial charge on any atom is 0.123 e. The van der Waals surface area contributed by atoms with E-state index in [4.69, 9.17) is 0 Å². The van der Waals surface area contributed by atoms with Crippen LogP contribution in [0.1, 0.15) is 24.0 Å². The van der Waals surface area contributed by atoms with Gasteiger partial charge in [-0.15, -0.1) is 0 Å². The van der Waals surface area contributed by atoms with Crippen LogP contribution in [-0.4, -0.2) is 13.3 Å². The highest BCUT2D eigenvalue weighted by atomic mass is 19.1. The molecule has 0 amide bonds. The Morgan fingerprint density at radius 1 is 1.47 bits per heavy atom. The maximum absolute atomic E-state index is 13.2. The molecule has 1 N–H and O–H groups in total. The summed E-state index contributed by atoms with van der Waals surface area (Å²) in [6.45, 7) is 1.87. The Bertz CT molecular complexity index is 350. The fourth-order valence-electron chi connectivity index (χ4n) is 1.74. The zero-order chi connectivity index (χ0) is 11.3. The first-order valence-electron chi connectivity index (χ1n) is 5.09. The van der Waals surface area contributed by atoms with Crippen LogP contribution in [0.2, 0.25) is 0 Å². The summed E-state index contributed by atoms with van der Waals surface area (Å²) < 4.78 is 13.2. The van der Waals surface area contributed by atoms with Crippen LogP contribution in [-0.2, 0) is 11.2 Å². The van der Waals surface area contributed by atoms with Crippen molar-refractivity contribution in [2.24, 2.45) is 0 Å². The van der Waals surface area contributed by atoms with E-state index in [9.17, 15) is 9.18 Å². The van der Waals surface area contributed by atoms with Gasteiger partial charge in [-0.05, 0) is 43.0 Å². The summed E-state index contributed by atoms with van der Waals surface area (Å²) in [5, 5.41) is 3.06. The minimum absolute atomic E-state index is 0.215. The van der Waals surface area contributed by atoms with Gasteiger partial charge in [0.15, 0.2) is 0 Å². The molecule has 1 rings (SSSR count). The van der Waals surface area contributed by atoms with Gasteiger partial charge in [0.1, 0.15) is 12.1 Å². The first-order chi connectivity index (χ1) is 7.19. The monoisotopic (exact) mass is 209 g/mol. The van der Waals surface area contributed by atoms with Gasteiger partial charge in [-0.1, -0.05) is 0 Å². The summed E-state index contributed by atoms with van der Waals surface area (Å²) in [7, 11) is 1.82. The van der Waals surface area contributed by atoms with Crippen LogP contribution >= 0.6 is 0 Å². The first kappa shape index (κ1) is 11.7. The van der Waals surface area contributed by atoms with Crippen LogP contribution in [0.5, 0.6) is 0 Å². The van der Waals surface area contributed by atoms with Crippen LogP contribution in [0, 0.1) is 12.7 Å². The fourth-order valence-corrected chi connectivity index (χ4v) is 1.74. The van der Waals surface area contributed by atoms with Gasteiger partial charge in [-0.3, -0.25) is 0 Å².